The molecule has 0 bridgehead atoms. The molecular formula is C14H19NOS. The zero-order valence-corrected chi connectivity index (χ0v) is 11.5. The number of aromatic nitrogens is 1. The minimum absolute atomic E-state index is 0.120. The van der Waals surface area contributed by atoms with Gasteiger partial charge >= 0.3 is 0 Å². The molecule has 0 aliphatic rings. The van der Waals surface area contributed by atoms with Crippen LogP contribution in [-0.2, 0) is 11.8 Å². The maximum atomic E-state index is 8.84. The molecule has 0 atom stereocenters. The van der Waals surface area contributed by atoms with E-state index in [-0.39, 0.29) is 12.0 Å². The van der Waals surface area contributed by atoms with E-state index in [2.05, 4.69) is 39.0 Å². The molecule has 2 aromatic rings. The van der Waals surface area contributed by atoms with Crippen molar-refractivity contribution < 1.29 is 5.11 Å². The highest BCUT2D eigenvalue weighted by Gasteiger charge is 2.18. The van der Waals surface area contributed by atoms with Crippen LogP contribution in [0.4, 0.5) is 0 Å². The maximum Gasteiger partial charge on any atom is 0.0992 e. The van der Waals surface area contributed by atoms with Crippen LogP contribution in [0.5, 0.6) is 0 Å². The van der Waals surface area contributed by atoms with Gasteiger partial charge in [-0.05, 0) is 30.5 Å². The number of aliphatic hydroxyl groups is 1. The van der Waals surface area contributed by atoms with E-state index >= 15 is 0 Å². The molecule has 0 aliphatic carbocycles. The highest BCUT2D eigenvalue weighted by molar-refractivity contribution is 7.18. The average molecular weight is 249 g/mol. The van der Waals surface area contributed by atoms with E-state index in [1.54, 1.807) is 11.3 Å². The van der Waals surface area contributed by atoms with Gasteiger partial charge in [-0.3, -0.25) is 0 Å². The van der Waals surface area contributed by atoms with Crippen LogP contribution in [0.15, 0.2) is 18.2 Å². The first-order chi connectivity index (χ1) is 8.00. The lowest BCUT2D eigenvalue weighted by Gasteiger charge is -2.13. The van der Waals surface area contributed by atoms with Crippen molar-refractivity contribution in [2.24, 2.45) is 0 Å². The van der Waals surface area contributed by atoms with Crippen molar-refractivity contribution in [1.82, 2.24) is 4.98 Å². The van der Waals surface area contributed by atoms with Gasteiger partial charge in [0.25, 0.3) is 0 Å². The molecule has 0 fully saturated rings. The summed E-state index contributed by atoms with van der Waals surface area (Å²) in [5.74, 6) is 0. The first-order valence-electron chi connectivity index (χ1n) is 6.01. The van der Waals surface area contributed by atoms with Crippen molar-refractivity contribution in [3.8, 4) is 0 Å². The molecule has 0 unspecified atom stereocenters. The lowest BCUT2D eigenvalue weighted by atomic mass is 9.98. The van der Waals surface area contributed by atoms with E-state index in [4.69, 9.17) is 10.1 Å². The fourth-order valence-electron chi connectivity index (χ4n) is 1.73. The van der Waals surface area contributed by atoms with Crippen LogP contribution in [0.2, 0.25) is 0 Å². The molecule has 1 aromatic heterocycles. The van der Waals surface area contributed by atoms with Crippen LogP contribution in [0.3, 0.4) is 0 Å². The maximum absolute atomic E-state index is 8.84. The average Bonchev–Trinajstić information content (AvgIpc) is 2.68. The Labute approximate surface area is 106 Å². The third-order valence-corrected chi connectivity index (χ3v) is 4.18. The number of fused-ring (bicyclic) bond motifs is 1. The van der Waals surface area contributed by atoms with Crippen LogP contribution in [0.1, 0.15) is 37.8 Å². The standard InChI is InChI=1S/C14H19NOS/c1-14(2,3)13-15-11-9-10(5-4-8-16)6-7-12(11)17-13/h6-7,9,16H,4-5,8H2,1-3H3. The Morgan fingerprint density at radius 2 is 2.06 bits per heavy atom. The summed E-state index contributed by atoms with van der Waals surface area (Å²) in [6, 6.07) is 6.44. The number of hydrogen-bond donors (Lipinski definition) is 1. The quantitative estimate of drug-likeness (QED) is 0.903. The summed E-state index contributed by atoms with van der Waals surface area (Å²) in [5.41, 5.74) is 2.47. The van der Waals surface area contributed by atoms with Crippen LogP contribution >= 0.6 is 11.3 Å². The molecule has 2 rings (SSSR count). The Kier molecular flexibility index (Phi) is 3.50. The van der Waals surface area contributed by atoms with Crippen molar-refractivity contribution in [1.29, 1.82) is 0 Å². The largest absolute Gasteiger partial charge is 0.396 e. The van der Waals surface area contributed by atoms with E-state index < -0.39 is 0 Å². The van der Waals surface area contributed by atoms with Gasteiger partial charge in [0.15, 0.2) is 0 Å². The van der Waals surface area contributed by atoms with Gasteiger partial charge in [-0.25, -0.2) is 4.98 Å². The smallest absolute Gasteiger partial charge is 0.0992 e. The predicted molar refractivity (Wildman–Crippen MR) is 73.7 cm³/mol. The van der Waals surface area contributed by atoms with Crippen LogP contribution in [0.25, 0.3) is 10.2 Å². The summed E-state index contributed by atoms with van der Waals surface area (Å²) in [4.78, 5) is 4.71. The second-order valence-corrected chi connectivity index (χ2v) is 6.43. The minimum Gasteiger partial charge on any atom is -0.396 e. The van der Waals surface area contributed by atoms with E-state index in [9.17, 15) is 0 Å². The lowest BCUT2D eigenvalue weighted by Crippen LogP contribution is -2.09. The monoisotopic (exact) mass is 249 g/mol. The highest BCUT2D eigenvalue weighted by Crippen LogP contribution is 2.31. The van der Waals surface area contributed by atoms with Gasteiger partial charge in [-0.15, -0.1) is 11.3 Å². The fourth-order valence-corrected chi connectivity index (χ4v) is 2.74. The summed E-state index contributed by atoms with van der Waals surface area (Å²) >= 11 is 1.78. The third kappa shape index (κ3) is 2.85. The molecule has 17 heavy (non-hydrogen) atoms. The summed E-state index contributed by atoms with van der Waals surface area (Å²) < 4.78 is 1.25. The SMILES string of the molecule is CC(C)(C)c1nc2cc(CCCO)ccc2s1. The molecule has 2 nitrogen and oxygen atoms in total. The molecule has 0 amide bonds. The van der Waals surface area contributed by atoms with Crippen LogP contribution < -0.4 is 0 Å². The summed E-state index contributed by atoms with van der Waals surface area (Å²) in [5, 5.41) is 10.0. The molecule has 92 valence electrons. The molecule has 0 saturated carbocycles. The molecule has 1 heterocycles. The Balaban J connectivity index is 2.34. The van der Waals surface area contributed by atoms with E-state index in [1.165, 1.54) is 15.3 Å². The van der Waals surface area contributed by atoms with Gasteiger partial charge in [0.05, 0.1) is 15.2 Å². The second kappa shape index (κ2) is 4.75. The van der Waals surface area contributed by atoms with Gasteiger partial charge in [0, 0.05) is 12.0 Å². The summed E-state index contributed by atoms with van der Waals surface area (Å²) in [6.45, 7) is 6.83. The molecule has 1 N–H and O–H groups in total. The number of nitrogens with zero attached hydrogens (tertiary/aromatic N) is 1. The van der Waals surface area contributed by atoms with E-state index in [1.807, 2.05) is 0 Å². The van der Waals surface area contributed by atoms with E-state index in [0.717, 1.165) is 18.4 Å². The predicted octanol–water partition coefficient (Wildman–Crippen LogP) is 3.52. The van der Waals surface area contributed by atoms with Crippen molar-refractivity contribution in [2.75, 3.05) is 6.61 Å². The lowest BCUT2D eigenvalue weighted by molar-refractivity contribution is 0.288. The van der Waals surface area contributed by atoms with Gasteiger partial charge in [0.1, 0.15) is 0 Å². The van der Waals surface area contributed by atoms with Gasteiger partial charge in [0.2, 0.25) is 0 Å². The zero-order chi connectivity index (χ0) is 12.5. The Hall–Kier alpha value is -0.930. The first-order valence-corrected chi connectivity index (χ1v) is 6.83. The van der Waals surface area contributed by atoms with Gasteiger partial charge < -0.3 is 5.11 Å². The molecule has 3 heteroatoms. The molecule has 0 saturated heterocycles. The first kappa shape index (κ1) is 12.5. The second-order valence-electron chi connectivity index (χ2n) is 5.40. The Bertz CT molecular complexity index is 510. The molecule has 0 aliphatic heterocycles. The Morgan fingerprint density at radius 3 is 2.71 bits per heavy atom. The van der Waals surface area contributed by atoms with Crippen molar-refractivity contribution in [2.45, 2.75) is 39.0 Å². The number of rotatable bonds is 3. The minimum atomic E-state index is 0.120. The Morgan fingerprint density at radius 1 is 1.29 bits per heavy atom. The highest BCUT2D eigenvalue weighted by atomic mass is 32.1. The van der Waals surface area contributed by atoms with Gasteiger partial charge in [-0.2, -0.15) is 0 Å². The summed E-state index contributed by atoms with van der Waals surface area (Å²) in [6.07, 6.45) is 1.75. The third-order valence-electron chi connectivity index (χ3n) is 2.72. The number of hydrogen-bond acceptors (Lipinski definition) is 3. The van der Waals surface area contributed by atoms with Crippen LogP contribution in [-0.4, -0.2) is 16.7 Å². The van der Waals surface area contributed by atoms with Crippen molar-refractivity contribution in [3.05, 3.63) is 28.8 Å². The molecule has 1 aromatic carbocycles. The number of aliphatic hydroxyl groups excluding tert-OH is 1. The van der Waals surface area contributed by atoms with Crippen molar-refractivity contribution >= 4 is 21.6 Å². The van der Waals surface area contributed by atoms with E-state index in [0.29, 0.717) is 0 Å². The summed E-state index contributed by atoms with van der Waals surface area (Å²) in [7, 11) is 0. The van der Waals surface area contributed by atoms with Crippen molar-refractivity contribution in [3.63, 3.8) is 0 Å². The number of aryl methyl sites for hydroxylation is 1. The molecule has 0 radical (unpaired) electrons. The zero-order valence-electron chi connectivity index (χ0n) is 10.7. The molecular weight excluding hydrogens is 230 g/mol. The van der Waals surface area contributed by atoms with Crippen LogP contribution in [0, 0.1) is 0 Å². The number of thiazole rings is 1. The number of benzene rings is 1. The molecule has 0 spiro atoms. The normalized spacial score (nSPS) is 12.2. The topological polar surface area (TPSA) is 33.1 Å². The fraction of sp³-hybridized carbons (Fsp3) is 0.500. The van der Waals surface area contributed by atoms with Gasteiger partial charge in [-0.1, -0.05) is 26.8 Å².